The number of nitrogens with zero attached hydrogens (tertiary/aromatic N) is 1. The monoisotopic (exact) mass is 514 g/mol. The van der Waals surface area contributed by atoms with Crippen LogP contribution in [-0.4, -0.2) is 43.3 Å². The van der Waals surface area contributed by atoms with Crippen LogP contribution in [0.25, 0.3) is 0 Å². The van der Waals surface area contributed by atoms with E-state index < -0.39 is 12.0 Å². The van der Waals surface area contributed by atoms with Crippen molar-refractivity contribution in [1.29, 1.82) is 0 Å². The van der Waals surface area contributed by atoms with E-state index in [-0.39, 0.29) is 18.6 Å². The van der Waals surface area contributed by atoms with E-state index in [0.717, 1.165) is 22.3 Å². The average molecular weight is 515 g/mol. The number of hydrogen-bond donors (Lipinski definition) is 1. The van der Waals surface area contributed by atoms with Gasteiger partial charge in [-0.25, -0.2) is 0 Å². The standard InChI is InChI=1S/C30H30N2O6/c1-3-35-25-14-19-11-12-32-28(22(19)15-26(25)36-4-2)27(20-7-5-6-8-21(20)30(32)34)29(33)31-16-18-9-10-23-24(13-18)38-17-37-23/h5-10,13-15,27-28H,3-4,11-12,16-17H2,1-2H3,(H,31,33)/t27-,28+/m0/s1. The molecule has 1 N–H and O–H groups in total. The Labute approximate surface area is 221 Å². The summed E-state index contributed by atoms with van der Waals surface area (Å²) in [4.78, 5) is 29.4. The van der Waals surface area contributed by atoms with Crippen molar-refractivity contribution in [3.63, 3.8) is 0 Å². The first kappa shape index (κ1) is 24.2. The summed E-state index contributed by atoms with van der Waals surface area (Å²) in [7, 11) is 0. The van der Waals surface area contributed by atoms with Crippen molar-refractivity contribution in [2.24, 2.45) is 0 Å². The van der Waals surface area contributed by atoms with Gasteiger partial charge in [-0.15, -0.1) is 0 Å². The minimum Gasteiger partial charge on any atom is -0.490 e. The Bertz CT molecular complexity index is 1400. The summed E-state index contributed by atoms with van der Waals surface area (Å²) in [6, 6.07) is 16.6. The molecule has 0 saturated carbocycles. The highest BCUT2D eigenvalue weighted by Gasteiger charge is 2.46. The molecule has 3 aromatic rings. The molecule has 0 fully saturated rings. The molecule has 196 valence electrons. The Balaban J connectivity index is 1.38. The van der Waals surface area contributed by atoms with Gasteiger partial charge in [0, 0.05) is 18.7 Å². The fourth-order valence-electron chi connectivity index (χ4n) is 5.70. The second-order valence-electron chi connectivity index (χ2n) is 9.53. The van der Waals surface area contributed by atoms with Crippen LogP contribution in [0.3, 0.4) is 0 Å². The summed E-state index contributed by atoms with van der Waals surface area (Å²) in [5.74, 6) is 1.91. The predicted octanol–water partition coefficient (Wildman–Crippen LogP) is 4.37. The van der Waals surface area contributed by atoms with Crippen molar-refractivity contribution in [1.82, 2.24) is 10.2 Å². The fourth-order valence-corrected chi connectivity index (χ4v) is 5.70. The largest absolute Gasteiger partial charge is 0.490 e. The zero-order valence-electron chi connectivity index (χ0n) is 21.5. The average Bonchev–Trinajstić information content (AvgIpc) is 3.41. The van der Waals surface area contributed by atoms with Gasteiger partial charge in [-0.2, -0.15) is 0 Å². The number of nitrogens with one attached hydrogen (secondary N) is 1. The molecular weight excluding hydrogens is 484 g/mol. The van der Waals surface area contributed by atoms with Crippen molar-refractivity contribution < 1.29 is 28.5 Å². The molecule has 0 aromatic heterocycles. The molecule has 0 radical (unpaired) electrons. The van der Waals surface area contributed by atoms with E-state index in [2.05, 4.69) is 5.32 Å². The number of hydrogen-bond acceptors (Lipinski definition) is 6. The lowest BCUT2D eigenvalue weighted by Gasteiger charge is -2.45. The molecule has 8 nitrogen and oxygen atoms in total. The van der Waals surface area contributed by atoms with Crippen LogP contribution in [0.1, 0.15) is 58.4 Å². The van der Waals surface area contributed by atoms with Crippen LogP contribution in [0.2, 0.25) is 0 Å². The number of ether oxygens (including phenoxy) is 4. The molecule has 8 heteroatoms. The zero-order chi connectivity index (χ0) is 26.2. The molecule has 3 aromatic carbocycles. The molecule has 38 heavy (non-hydrogen) atoms. The quantitative estimate of drug-likeness (QED) is 0.504. The summed E-state index contributed by atoms with van der Waals surface area (Å²) in [5, 5.41) is 3.12. The van der Waals surface area contributed by atoms with Crippen molar-refractivity contribution in [2.45, 2.75) is 38.8 Å². The molecule has 0 spiro atoms. The number of carbonyl (C=O) groups is 2. The summed E-state index contributed by atoms with van der Waals surface area (Å²) < 4.78 is 22.7. The predicted molar refractivity (Wildman–Crippen MR) is 140 cm³/mol. The van der Waals surface area contributed by atoms with Gasteiger partial charge in [-0.1, -0.05) is 24.3 Å². The minimum atomic E-state index is -0.579. The van der Waals surface area contributed by atoms with Crippen LogP contribution in [0, 0.1) is 0 Å². The molecule has 0 aliphatic carbocycles. The second kappa shape index (κ2) is 9.93. The number of amides is 2. The van der Waals surface area contributed by atoms with E-state index in [4.69, 9.17) is 18.9 Å². The maximum atomic E-state index is 14.0. The highest BCUT2D eigenvalue weighted by atomic mass is 16.7. The van der Waals surface area contributed by atoms with Crippen LogP contribution >= 0.6 is 0 Å². The van der Waals surface area contributed by atoms with Crippen molar-refractivity contribution in [3.05, 3.63) is 82.4 Å². The normalized spacial score (nSPS) is 18.8. The topological polar surface area (TPSA) is 86.3 Å². The third kappa shape index (κ3) is 4.10. The summed E-state index contributed by atoms with van der Waals surface area (Å²) in [6.45, 7) is 5.91. The zero-order valence-corrected chi connectivity index (χ0v) is 21.5. The lowest BCUT2D eigenvalue weighted by molar-refractivity contribution is -0.124. The first-order valence-corrected chi connectivity index (χ1v) is 13.1. The lowest BCUT2D eigenvalue weighted by atomic mass is 9.75. The number of rotatable bonds is 7. The highest BCUT2D eigenvalue weighted by molar-refractivity contribution is 6.01. The molecule has 3 aliphatic rings. The van der Waals surface area contributed by atoms with E-state index in [9.17, 15) is 9.59 Å². The van der Waals surface area contributed by atoms with Crippen LogP contribution in [0.15, 0.2) is 54.6 Å². The Morgan fingerprint density at radius 3 is 2.55 bits per heavy atom. The summed E-state index contributed by atoms with van der Waals surface area (Å²) in [6.07, 6.45) is 0.678. The molecule has 6 rings (SSSR count). The number of carbonyl (C=O) groups excluding carboxylic acids is 2. The number of benzene rings is 3. The van der Waals surface area contributed by atoms with Gasteiger partial charge in [-0.05, 0) is 72.9 Å². The van der Waals surface area contributed by atoms with Gasteiger partial charge in [-0.3, -0.25) is 9.59 Å². The minimum absolute atomic E-state index is 0.0529. The molecule has 0 bridgehead atoms. The van der Waals surface area contributed by atoms with Crippen LogP contribution < -0.4 is 24.3 Å². The van der Waals surface area contributed by atoms with E-state index in [0.29, 0.717) is 61.3 Å². The highest BCUT2D eigenvalue weighted by Crippen LogP contribution is 2.48. The molecule has 2 amide bonds. The molecular formula is C30H30N2O6. The van der Waals surface area contributed by atoms with E-state index >= 15 is 0 Å². The second-order valence-corrected chi connectivity index (χ2v) is 9.53. The first-order valence-electron chi connectivity index (χ1n) is 13.1. The summed E-state index contributed by atoms with van der Waals surface area (Å²) in [5.41, 5.74) is 4.21. The van der Waals surface area contributed by atoms with Crippen LogP contribution in [-0.2, 0) is 17.8 Å². The molecule has 3 aliphatic heterocycles. The molecule has 2 atom stereocenters. The van der Waals surface area contributed by atoms with Gasteiger partial charge in [0.15, 0.2) is 23.0 Å². The van der Waals surface area contributed by atoms with E-state index in [1.165, 1.54) is 0 Å². The first-order chi connectivity index (χ1) is 18.6. The Kier molecular flexibility index (Phi) is 6.31. The van der Waals surface area contributed by atoms with Gasteiger partial charge in [0.05, 0.1) is 25.2 Å². The molecule has 0 unspecified atom stereocenters. The third-order valence-electron chi connectivity index (χ3n) is 7.37. The lowest BCUT2D eigenvalue weighted by Crippen LogP contribution is -2.50. The van der Waals surface area contributed by atoms with Gasteiger partial charge in [0.1, 0.15) is 0 Å². The SMILES string of the molecule is CCOc1cc2c(cc1OCC)[C@@H]1[C@@H](C(=O)NCc3ccc4c(c3)OCO4)c3ccccc3C(=O)N1CC2. The van der Waals surface area contributed by atoms with Crippen LogP contribution in [0.4, 0.5) is 0 Å². The van der Waals surface area contributed by atoms with Gasteiger partial charge < -0.3 is 29.2 Å². The van der Waals surface area contributed by atoms with Gasteiger partial charge in [0.25, 0.3) is 5.91 Å². The maximum absolute atomic E-state index is 14.0. The van der Waals surface area contributed by atoms with Crippen molar-refractivity contribution >= 4 is 11.8 Å². The molecule has 0 saturated heterocycles. The number of fused-ring (bicyclic) bond motifs is 5. The smallest absolute Gasteiger partial charge is 0.254 e. The third-order valence-corrected chi connectivity index (χ3v) is 7.37. The maximum Gasteiger partial charge on any atom is 0.254 e. The van der Waals surface area contributed by atoms with Gasteiger partial charge in [0.2, 0.25) is 12.7 Å². The Morgan fingerprint density at radius 2 is 1.74 bits per heavy atom. The Morgan fingerprint density at radius 1 is 0.974 bits per heavy atom. The molecule has 3 heterocycles. The summed E-state index contributed by atoms with van der Waals surface area (Å²) >= 11 is 0. The van der Waals surface area contributed by atoms with Gasteiger partial charge >= 0.3 is 0 Å². The Hall–Kier alpha value is -4.20. The van der Waals surface area contributed by atoms with E-state index in [1.807, 2.05) is 73.3 Å². The van der Waals surface area contributed by atoms with Crippen molar-refractivity contribution in [3.8, 4) is 23.0 Å². The van der Waals surface area contributed by atoms with E-state index in [1.54, 1.807) is 0 Å². The van der Waals surface area contributed by atoms with Crippen LogP contribution in [0.5, 0.6) is 23.0 Å². The fraction of sp³-hybridized carbons (Fsp3) is 0.333. The van der Waals surface area contributed by atoms with Crippen molar-refractivity contribution in [2.75, 3.05) is 26.6 Å².